The molecule has 1 saturated carbocycles. The number of amides is 1. The topological polar surface area (TPSA) is 124 Å². The Morgan fingerprint density at radius 3 is 2.52 bits per heavy atom. The van der Waals surface area contributed by atoms with Crippen LogP contribution in [0.5, 0.6) is 0 Å². The van der Waals surface area contributed by atoms with Crippen LogP contribution < -0.4 is 11.3 Å². The first-order valence-corrected chi connectivity index (χ1v) is 8.17. The van der Waals surface area contributed by atoms with Gasteiger partial charge in [0.2, 0.25) is 5.91 Å². The van der Waals surface area contributed by atoms with Crippen LogP contribution in [0.1, 0.15) is 45.0 Å². The van der Waals surface area contributed by atoms with Crippen LogP contribution >= 0.6 is 0 Å². The first-order valence-electron chi connectivity index (χ1n) is 8.17. The molecule has 4 rings (SSSR count). The van der Waals surface area contributed by atoms with Crippen molar-refractivity contribution in [3.8, 4) is 0 Å². The molecule has 2 aliphatic rings. The number of hydrogen-bond acceptors (Lipinski definition) is 6. The second kappa shape index (κ2) is 4.51. The lowest BCUT2D eigenvalue weighted by molar-refractivity contribution is -0.384. The summed E-state index contributed by atoms with van der Waals surface area (Å²) in [7, 11) is 0. The number of hydrazine groups is 1. The molecule has 0 saturated heterocycles. The van der Waals surface area contributed by atoms with Crippen molar-refractivity contribution in [3.63, 3.8) is 0 Å². The average Bonchev–Trinajstić information content (AvgIpc) is 2.88. The first kappa shape index (κ1) is 15.9. The van der Waals surface area contributed by atoms with Crippen molar-refractivity contribution in [3.05, 3.63) is 39.7 Å². The number of nitro benzene ring substituents is 1. The Morgan fingerprint density at radius 2 is 1.88 bits per heavy atom. The number of hydrogen-bond donors (Lipinski definition) is 2. The van der Waals surface area contributed by atoms with Gasteiger partial charge in [0, 0.05) is 17.5 Å². The molecule has 25 heavy (non-hydrogen) atoms. The zero-order chi connectivity index (χ0) is 18.2. The van der Waals surface area contributed by atoms with Crippen molar-refractivity contribution in [1.82, 2.24) is 15.4 Å². The van der Waals surface area contributed by atoms with E-state index >= 15 is 0 Å². The predicted octanol–water partition coefficient (Wildman–Crippen LogP) is 1.86. The third-order valence-corrected chi connectivity index (χ3v) is 6.75. The number of nitrogens with two attached hydrogens (primary N) is 1. The fourth-order valence-electron chi connectivity index (χ4n) is 4.83. The fourth-order valence-corrected chi connectivity index (χ4v) is 4.83. The largest absolute Gasteiger partial charge is 0.293 e. The van der Waals surface area contributed by atoms with E-state index in [2.05, 4.69) is 17.3 Å². The summed E-state index contributed by atoms with van der Waals surface area (Å²) in [5, 5.41) is 11.1. The van der Waals surface area contributed by atoms with Gasteiger partial charge in [0.1, 0.15) is 5.41 Å². The predicted molar refractivity (Wildman–Crippen MR) is 90.6 cm³/mol. The van der Waals surface area contributed by atoms with E-state index in [1.54, 1.807) is 6.07 Å². The van der Waals surface area contributed by atoms with Gasteiger partial charge in [-0.25, -0.2) is 15.8 Å². The lowest BCUT2D eigenvalue weighted by atomic mass is 9.63. The number of benzene rings is 1. The van der Waals surface area contributed by atoms with Crippen LogP contribution in [0, 0.1) is 15.5 Å². The number of nitro groups is 1. The van der Waals surface area contributed by atoms with Gasteiger partial charge in [-0.15, -0.1) is 0 Å². The van der Waals surface area contributed by atoms with Crippen LogP contribution in [0.2, 0.25) is 0 Å². The SMILES string of the molecule is CC12CCC(C(=O)NN)(c3nc4cc([N+](=O)[O-])ccc4nc31)C2(C)C. The molecule has 2 bridgehead atoms. The van der Waals surface area contributed by atoms with Gasteiger partial charge in [0.05, 0.1) is 27.3 Å². The molecule has 3 N–H and O–H groups in total. The van der Waals surface area contributed by atoms with Crippen molar-refractivity contribution in [1.29, 1.82) is 0 Å². The van der Waals surface area contributed by atoms with Gasteiger partial charge in [-0.05, 0) is 24.3 Å². The molecule has 2 atom stereocenters. The van der Waals surface area contributed by atoms with Gasteiger partial charge in [0.25, 0.3) is 5.69 Å². The molecular formula is C17H19N5O3. The highest BCUT2D eigenvalue weighted by Gasteiger charge is 2.73. The summed E-state index contributed by atoms with van der Waals surface area (Å²) in [5.41, 5.74) is 3.06. The highest BCUT2D eigenvalue weighted by Crippen LogP contribution is 2.70. The Kier molecular flexibility index (Phi) is 2.87. The maximum atomic E-state index is 12.8. The number of nitrogens with zero attached hydrogens (tertiary/aromatic N) is 3. The number of carbonyl (C=O) groups is 1. The Bertz CT molecular complexity index is 957. The summed E-state index contributed by atoms with van der Waals surface area (Å²) >= 11 is 0. The number of carbonyl (C=O) groups excluding carboxylic acids is 1. The second-order valence-corrected chi connectivity index (χ2v) is 7.69. The van der Waals surface area contributed by atoms with E-state index in [0.29, 0.717) is 23.1 Å². The van der Waals surface area contributed by atoms with Crippen LogP contribution in [0.25, 0.3) is 11.0 Å². The zero-order valence-electron chi connectivity index (χ0n) is 14.3. The zero-order valence-corrected chi connectivity index (χ0v) is 14.3. The molecule has 2 aliphatic carbocycles. The van der Waals surface area contributed by atoms with Crippen molar-refractivity contribution in [2.75, 3.05) is 0 Å². The van der Waals surface area contributed by atoms with Gasteiger partial charge in [0.15, 0.2) is 0 Å². The van der Waals surface area contributed by atoms with Crippen LogP contribution in [0.4, 0.5) is 5.69 Å². The quantitative estimate of drug-likeness (QED) is 0.372. The molecule has 8 heteroatoms. The molecule has 2 unspecified atom stereocenters. The molecular weight excluding hydrogens is 322 g/mol. The lowest BCUT2D eigenvalue weighted by Gasteiger charge is -2.39. The van der Waals surface area contributed by atoms with Crippen LogP contribution in [0.15, 0.2) is 18.2 Å². The molecule has 1 heterocycles. The average molecular weight is 341 g/mol. The summed E-state index contributed by atoms with van der Waals surface area (Å²) in [6.45, 7) is 6.20. The van der Waals surface area contributed by atoms with E-state index in [-0.39, 0.29) is 17.0 Å². The normalized spacial score (nSPS) is 28.8. The van der Waals surface area contributed by atoms with Gasteiger partial charge in [-0.2, -0.15) is 0 Å². The second-order valence-electron chi connectivity index (χ2n) is 7.69. The third kappa shape index (κ3) is 1.58. The van der Waals surface area contributed by atoms with Crippen LogP contribution in [0.3, 0.4) is 0 Å². The Balaban J connectivity index is 2.06. The van der Waals surface area contributed by atoms with Crippen LogP contribution in [-0.4, -0.2) is 20.8 Å². The summed E-state index contributed by atoms with van der Waals surface area (Å²) in [4.78, 5) is 32.8. The standard InChI is InChI=1S/C17H19N5O3/c1-15(2)16(3)6-7-17(15,14(23)21-18)13-12(16)19-10-5-4-9(22(24)25)8-11(10)20-13/h4-5,8H,6-7,18H2,1-3H3,(H,21,23). The Morgan fingerprint density at radius 1 is 1.20 bits per heavy atom. The number of fused-ring (bicyclic) bond motifs is 6. The molecule has 8 nitrogen and oxygen atoms in total. The molecule has 1 amide bonds. The lowest BCUT2D eigenvalue weighted by Crippen LogP contribution is -2.53. The van der Waals surface area contributed by atoms with Crippen molar-refractivity contribution >= 4 is 22.6 Å². The maximum absolute atomic E-state index is 12.8. The van der Waals surface area contributed by atoms with Crippen molar-refractivity contribution in [2.45, 2.75) is 44.4 Å². The maximum Gasteiger partial charge on any atom is 0.271 e. The van der Waals surface area contributed by atoms with Crippen molar-refractivity contribution < 1.29 is 9.72 Å². The molecule has 130 valence electrons. The molecule has 1 aromatic carbocycles. The molecule has 0 aliphatic heterocycles. The number of nitrogens with one attached hydrogen (secondary N) is 1. The summed E-state index contributed by atoms with van der Waals surface area (Å²) in [6.07, 6.45) is 1.44. The Labute approximate surface area is 143 Å². The number of aromatic nitrogens is 2. The summed E-state index contributed by atoms with van der Waals surface area (Å²) in [6, 6.07) is 4.43. The number of rotatable bonds is 2. The first-order chi connectivity index (χ1) is 11.7. The minimum absolute atomic E-state index is 0.0484. The smallest absolute Gasteiger partial charge is 0.271 e. The monoisotopic (exact) mass is 341 g/mol. The Hall–Kier alpha value is -2.61. The fraction of sp³-hybridized carbons (Fsp3) is 0.471. The van der Waals surface area contributed by atoms with E-state index in [1.165, 1.54) is 12.1 Å². The molecule has 0 radical (unpaired) electrons. The molecule has 1 fully saturated rings. The van der Waals surface area contributed by atoms with E-state index in [0.717, 1.165) is 12.1 Å². The van der Waals surface area contributed by atoms with Crippen LogP contribution in [-0.2, 0) is 15.6 Å². The highest BCUT2D eigenvalue weighted by molar-refractivity contribution is 5.92. The van der Waals surface area contributed by atoms with Gasteiger partial charge < -0.3 is 0 Å². The van der Waals surface area contributed by atoms with Gasteiger partial charge in [-0.1, -0.05) is 20.8 Å². The highest BCUT2D eigenvalue weighted by atomic mass is 16.6. The van der Waals surface area contributed by atoms with E-state index in [9.17, 15) is 14.9 Å². The molecule has 0 spiro atoms. The minimum Gasteiger partial charge on any atom is -0.293 e. The third-order valence-electron chi connectivity index (χ3n) is 6.75. The van der Waals surface area contributed by atoms with E-state index in [4.69, 9.17) is 10.8 Å². The molecule has 2 aromatic rings. The van der Waals surface area contributed by atoms with Gasteiger partial charge in [-0.3, -0.25) is 20.3 Å². The van der Waals surface area contributed by atoms with Crippen molar-refractivity contribution in [2.24, 2.45) is 11.3 Å². The minimum atomic E-state index is -0.877. The summed E-state index contributed by atoms with van der Waals surface area (Å²) in [5.74, 6) is 5.21. The van der Waals surface area contributed by atoms with E-state index < -0.39 is 15.8 Å². The van der Waals surface area contributed by atoms with E-state index in [1.807, 2.05) is 13.8 Å². The summed E-state index contributed by atoms with van der Waals surface area (Å²) < 4.78 is 0. The molecule has 1 aromatic heterocycles. The van der Waals surface area contributed by atoms with Gasteiger partial charge >= 0.3 is 0 Å². The number of non-ortho nitro benzene ring substituents is 1.